The smallest absolute Gasteiger partial charge is 0.244 e. The van der Waals surface area contributed by atoms with Crippen LogP contribution in [-0.2, 0) is 4.79 Å². The summed E-state index contributed by atoms with van der Waals surface area (Å²) < 4.78 is 5.52. The molecule has 7 heteroatoms. The molecule has 28 heavy (non-hydrogen) atoms. The lowest BCUT2D eigenvalue weighted by molar-refractivity contribution is -0.138. The summed E-state index contributed by atoms with van der Waals surface area (Å²) in [5.41, 5.74) is 7.01. The lowest BCUT2D eigenvalue weighted by atomic mass is 9.85. The van der Waals surface area contributed by atoms with Gasteiger partial charge in [0, 0.05) is 43.7 Å². The SMILES string of the molecule is CC(c1nc(-c2ccccc2)no1)N1CCN(C(=O)C2CCCC(N)C2)CC1. The number of carbonyl (C=O) groups is 1. The van der Waals surface area contributed by atoms with E-state index in [1.54, 1.807) is 0 Å². The van der Waals surface area contributed by atoms with Gasteiger partial charge in [0.15, 0.2) is 0 Å². The fraction of sp³-hybridized carbons (Fsp3) is 0.571. The monoisotopic (exact) mass is 383 g/mol. The minimum Gasteiger partial charge on any atom is -0.340 e. The van der Waals surface area contributed by atoms with Crippen LogP contribution in [-0.4, -0.2) is 58.1 Å². The van der Waals surface area contributed by atoms with E-state index in [1.807, 2.05) is 35.2 Å². The summed E-state index contributed by atoms with van der Waals surface area (Å²) >= 11 is 0. The first-order chi connectivity index (χ1) is 13.6. The molecule has 2 fully saturated rings. The number of benzene rings is 1. The largest absolute Gasteiger partial charge is 0.340 e. The average Bonchev–Trinajstić information content (AvgIpc) is 3.24. The fourth-order valence-corrected chi connectivity index (χ4v) is 4.31. The molecule has 1 aromatic carbocycles. The van der Waals surface area contributed by atoms with Crippen molar-refractivity contribution >= 4 is 5.91 Å². The molecule has 1 aromatic heterocycles. The second kappa shape index (κ2) is 8.41. The molecule has 2 N–H and O–H groups in total. The second-order valence-corrected chi connectivity index (χ2v) is 7.98. The Morgan fingerprint density at radius 1 is 1.18 bits per heavy atom. The molecule has 0 bridgehead atoms. The molecule has 2 heterocycles. The Morgan fingerprint density at radius 3 is 2.64 bits per heavy atom. The van der Waals surface area contributed by atoms with E-state index in [2.05, 4.69) is 22.0 Å². The van der Waals surface area contributed by atoms with Crippen LogP contribution in [0.15, 0.2) is 34.9 Å². The number of hydrogen-bond donors (Lipinski definition) is 1. The number of rotatable bonds is 4. The zero-order valence-electron chi connectivity index (χ0n) is 16.5. The third kappa shape index (κ3) is 4.10. The van der Waals surface area contributed by atoms with Crippen LogP contribution in [0.3, 0.4) is 0 Å². The van der Waals surface area contributed by atoms with Gasteiger partial charge in [0.2, 0.25) is 17.6 Å². The lowest BCUT2D eigenvalue weighted by Crippen LogP contribution is -2.51. The molecule has 3 atom stereocenters. The molecule has 150 valence electrons. The first kappa shape index (κ1) is 19.1. The Hall–Kier alpha value is -2.25. The van der Waals surface area contributed by atoms with Crippen molar-refractivity contribution in [3.8, 4) is 11.4 Å². The third-order valence-corrected chi connectivity index (χ3v) is 6.07. The van der Waals surface area contributed by atoms with Gasteiger partial charge in [0.1, 0.15) is 0 Å². The van der Waals surface area contributed by atoms with Gasteiger partial charge in [0.25, 0.3) is 0 Å². The maximum absolute atomic E-state index is 12.8. The quantitative estimate of drug-likeness (QED) is 0.872. The molecule has 0 radical (unpaired) electrons. The zero-order chi connectivity index (χ0) is 19.5. The van der Waals surface area contributed by atoms with Crippen LogP contribution in [0.1, 0.15) is 44.5 Å². The average molecular weight is 383 g/mol. The highest BCUT2D eigenvalue weighted by Crippen LogP contribution is 2.27. The van der Waals surface area contributed by atoms with E-state index in [9.17, 15) is 4.79 Å². The van der Waals surface area contributed by atoms with Crippen molar-refractivity contribution in [2.24, 2.45) is 11.7 Å². The number of aromatic nitrogens is 2. The Bertz CT molecular complexity index is 785. The maximum atomic E-state index is 12.8. The van der Waals surface area contributed by atoms with Gasteiger partial charge in [-0.15, -0.1) is 0 Å². The van der Waals surface area contributed by atoms with Gasteiger partial charge in [-0.05, 0) is 26.2 Å². The van der Waals surface area contributed by atoms with Crippen LogP contribution >= 0.6 is 0 Å². The van der Waals surface area contributed by atoms with Gasteiger partial charge in [0.05, 0.1) is 6.04 Å². The summed E-state index contributed by atoms with van der Waals surface area (Å²) in [6.45, 7) is 5.20. The Kier molecular flexibility index (Phi) is 5.73. The highest BCUT2D eigenvalue weighted by Gasteiger charge is 2.32. The summed E-state index contributed by atoms with van der Waals surface area (Å²) in [6, 6.07) is 10.1. The molecule has 0 spiro atoms. The van der Waals surface area contributed by atoms with Gasteiger partial charge in [-0.3, -0.25) is 9.69 Å². The molecule has 1 aliphatic heterocycles. The van der Waals surface area contributed by atoms with E-state index in [4.69, 9.17) is 10.3 Å². The minimum atomic E-state index is 0.0327. The molecule has 3 unspecified atom stereocenters. The fourth-order valence-electron chi connectivity index (χ4n) is 4.31. The van der Waals surface area contributed by atoms with Crippen LogP contribution in [0.25, 0.3) is 11.4 Å². The predicted octanol–water partition coefficient (Wildman–Crippen LogP) is 2.46. The normalized spacial score (nSPS) is 24.9. The molecule has 1 amide bonds. The standard InChI is InChI=1S/C21H29N5O2/c1-15(20-23-19(24-28-20)16-6-3-2-4-7-16)25-10-12-26(13-11-25)21(27)17-8-5-9-18(22)14-17/h2-4,6-7,15,17-18H,5,8-14,22H2,1H3. The van der Waals surface area contributed by atoms with Crippen LogP contribution in [0, 0.1) is 5.92 Å². The Balaban J connectivity index is 1.33. The topological polar surface area (TPSA) is 88.5 Å². The summed E-state index contributed by atoms with van der Waals surface area (Å²) in [6.07, 6.45) is 3.92. The van der Waals surface area contributed by atoms with Crippen LogP contribution in [0.2, 0.25) is 0 Å². The number of amides is 1. The summed E-state index contributed by atoms with van der Waals surface area (Å²) in [4.78, 5) is 21.7. The van der Waals surface area contributed by atoms with E-state index in [0.717, 1.165) is 57.4 Å². The van der Waals surface area contributed by atoms with Gasteiger partial charge in [-0.2, -0.15) is 4.98 Å². The van der Waals surface area contributed by atoms with Crippen LogP contribution in [0.4, 0.5) is 0 Å². The second-order valence-electron chi connectivity index (χ2n) is 7.98. The van der Waals surface area contributed by atoms with E-state index in [-0.39, 0.29) is 23.9 Å². The van der Waals surface area contributed by atoms with Crippen molar-refractivity contribution in [2.75, 3.05) is 26.2 Å². The highest BCUT2D eigenvalue weighted by molar-refractivity contribution is 5.79. The lowest BCUT2D eigenvalue weighted by Gasteiger charge is -2.39. The zero-order valence-corrected chi connectivity index (χ0v) is 16.5. The third-order valence-electron chi connectivity index (χ3n) is 6.07. The molecule has 1 aliphatic carbocycles. The number of nitrogens with two attached hydrogens (primary N) is 1. The van der Waals surface area contributed by atoms with E-state index in [0.29, 0.717) is 11.7 Å². The van der Waals surface area contributed by atoms with Crippen molar-refractivity contribution in [1.82, 2.24) is 19.9 Å². The molecule has 4 rings (SSSR count). The van der Waals surface area contributed by atoms with Crippen molar-refractivity contribution in [3.63, 3.8) is 0 Å². The van der Waals surface area contributed by atoms with Gasteiger partial charge < -0.3 is 15.2 Å². The van der Waals surface area contributed by atoms with Crippen molar-refractivity contribution in [1.29, 1.82) is 0 Å². The summed E-state index contributed by atoms with van der Waals surface area (Å²) in [5, 5.41) is 4.12. The minimum absolute atomic E-state index is 0.0327. The number of piperazine rings is 1. The predicted molar refractivity (Wildman–Crippen MR) is 106 cm³/mol. The van der Waals surface area contributed by atoms with Gasteiger partial charge >= 0.3 is 0 Å². The highest BCUT2D eigenvalue weighted by atomic mass is 16.5. The van der Waals surface area contributed by atoms with E-state index in [1.165, 1.54) is 0 Å². The molecular formula is C21H29N5O2. The molecule has 2 aliphatic rings. The number of nitrogens with zero attached hydrogens (tertiary/aromatic N) is 4. The van der Waals surface area contributed by atoms with Gasteiger partial charge in [-0.25, -0.2) is 0 Å². The van der Waals surface area contributed by atoms with Crippen LogP contribution in [0.5, 0.6) is 0 Å². The van der Waals surface area contributed by atoms with Crippen molar-refractivity contribution in [3.05, 3.63) is 36.2 Å². The Morgan fingerprint density at radius 2 is 1.93 bits per heavy atom. The molecule has 1 saturated carbocycles. The Labute approximate surface area is 165 Å². The van der Waals surface area contributed by atoms with Crippen molar-refractivity contribution in [2.45, 2.75) is 44.7 Å². The van der Waals surface area contributed by atoms with Gasteiger partial charge in [-0.1, -0.05) is 41.9 Å². The molecular weight excluding hydrogens is 354 g/mol. The molecule has 7 nitrogen and oxygen atoms in total. The number of carbonyl (C=O) groups excluding carboxylic acids is 1. The molecule has 2 aromatic rings. The molecule has 1 saturated heterocycles. The number of hydrogen-bond acceptors (Lipinski definition) is 6. The maximum Gasteiger partial charge on any atom is 0.244 e. The van der Waals surface area contributed by atoms with E-state index >= 15 is 0 Å². The van der Waals surface area contributed by atoms with Crippen molar-refractivity contribution < 1.29 is 9.32 Å². The van der Waals surface area contributed by atoms with Crippen LogP contribution < -0.4 is 5.73 Å². The van der Waals surface area contributed by atoms with E-state index < -0.39 is 0 Å². The first-order valence-electron chi connectivity index (χ1n) is 10.3. The summed E-state index contributed by atoms with van der Waals surface area (Å²) in [5.74, 6) is 1.63. The summed E-state index contributed by atoms with van der Waals surface area (Å²) in [7, 11) is 0. The first-order valence-corrected chi connectivity index (χ1v) is 10.3.